The summed E-state index contributed by atoms with van der Waals surface area (Å²) < 4.78 is 11.3. The zero-order chi connectivity index (χ0) is 22.9. The molecule has 0 heterocycles. The molecule has 0 aliphatic rings. The van der Waals surface area contributed by atoms with Crippen LogP contribution in [0.1, 0.15) is 42.0 Å². The average molecular weight is 451 g/mol. The molecule has 0 aliphatic heterocycles. The molecule has 3 aromatic rings. The first-order valence-corrected chi connectivity index (χ1v) is 10.8. The van der Waals surface area contributed by atoms with Crippen LogP contribution in [0.4, 0.5) is 0 Å². The number of amides is 1. The molecule has 0 aliphatic carbocycles. The van der Waals surface area contributed by atoms with Gasteiger partial charge in [0.05, 0.1) is 6.21 Å². The molecule has 32 heavy (non-hydrogen) atoms. The molecule has 0 unspecified atom stereocenters. The number of rotatable bonds is 9. The fraction of sp³-hybridized carbons (Fsp3) is 0.231. The Kier molecular flexibility index (Phi) is 8.28. The van der Waals surface area contributed by atoms with Crippen LogP contribution >= 0.6 is 11.6 Å². The van der Waals surface area contributed by atoms with E-state index >= 15 is 0 Å². The Morgan fingerprint density at radius 1 is 1.03 bits per heavy atom. The molecule has 3 aromatic carbocycles. The first-order chi connectivity index (χ1) is 15.4. The van der Waals surface area contributed by atoms with E-state index in [0.717, 1.165) is 22.4 Å². The van der Waals surface area contributed by atoms with Gasteiger partial charge >= 0.3 is 0 Å². The summed E-state index contributed by atoms with van der Waals surface area (Å²) in [6.07, 6.45) is 1.57. The highest BCUT2D eigenvalue weighted by atomic mass is 35.5. The standard InChI is InChI=1S/C26H27ClN2O3/c1-18(2)24-13-12-23(14-19(24)3)32-17-26(30)29-28-15-20-8-10-22(11-9-20)31-16-21-6-4-5-7-25(21)27/h4-15,18H,16-17H2,1-3H3,(H,29,30)/b28-15+. The predicted octanol–water partition coefficient (Wildman–Crippen LogP) is 5.88. The van der Waals surface area contributed by atoms with Crippen LogP contribution in [0.25, 0.3) is 0 Å². The monoisotopic (exact) mass is 450 g/mol. The number of carbonyl (C=O) groups is 1. The lowest BCUT2D eigenvalue weighted by atomic mass is 9.98. The fourth-order valence-corrected chi connectivity index (χ4v) is 3.36. The third kappa shape index (κ3) is 6.86. The van der Waals surface area contributed by atoms with Crippen LogP contribution in [0.15, 0.2) is 71.8 Å². The topological polar surface area (TPSA) is 59.9 Å². The normalized spacial score (nSPS) is 11.0. The van der Waals surface area contributed by atoms with Gasteiger partial charge in [0.2, 0.25) is 0 Å². The van der Waals surface area contributed by atoms with Crippen molar-refractivity contribution in [1.29, 1.82) is 0 Å². The molecule has 0 aromatic heterocycles. The van der Waals surface area contributed by atoms with Crippen molar-refractivity contribution in [2.24, 2.45) is 5.10 Å². The highest BCUT2D eigenvalue weighted by molar-refractivity contribution is 6.31. The molecule has 0 fully saturated rings. The smallest absolute Gasteiger partial charge is 0.277 e. The van der Waals surface area contributed by atoms with Crippen molar-refractivity contribution in [1.82, 2.24) is 5.43 Å². The summed E-state index contributed by atoms with van der Waals surface area (Å²) in [5.74, 6) is 1.51. The molecule has 0 bridgehead atoms. The molecule has 6 heteroatoms. The molecule has 0 atom stereocenters. The van der Waals surface area contributed by atoms with Crippen molar-refractivity contribution in [3.05, 3.63) is 94.0 Å². The minimum Gasteiger partial charge on any atom is -0.489 e. The summed E-state index contributed by atoms with van der Waals surface area (Å²) in [5.41, 5.74) is 6.65. The van der Waals surface area contributed by atoms with Gasteiger partial charge in [0.1, 0.15) is 18.1 Å². The van der Waals surface area contributed by atoms with E-state index in [1.165, 1.54) is 5.56 Å². The van der Waals surface area contributed by atoms with Gasteiger partial charge in [-0.25, -0.2) is 5.43 Å². The first-order valence-electron chi connectivity index (χ1n) is 10.4. The van der Waals surface area contributed by atoms with Gasteiger partial charge in [-0.05, 0) is 72.0 Å². The van der Waals surface area contributed by atoms with Crippen molar-refractivity contribution < 1.29 is 14.3 Å². The van der Waals surface area contributed by atoms with Crippen LogP contribution in [-0.2, 0) is 11.4 Å². The van der Waals surface area contributed by atoms with Gasteiger partial charge in [0, 0.05) is 10.6 Å². The van der Waals surface area contributed by atoms with Gasteiger partial charge in [-0.1, -0.05) is 49.7 Å². The van der Waals surface area contributed by atoms with Gasteiger partial charge < -0.3 is 9.47 Å². The Balaban J connectivity index is 1.43. The van der Waals surface area contributed by atoms with Crippen LogP contribution in [0.2, 0.25) is 5.02 Å². The van der Waals surface area contributed by atoms with Gasteiger partial charge in [-0.3, -0.25) is 4.79 Å². The second kappa shape index (κ2) is 11.3. The van der Waals surface area contributed by atoms with E-state index in [4.69, 9.17) is 21.1 Å². The zero-order valence-electron chi connectivity index (χ0n) is 18.5. The Labute approximate surface area is 194 Å². The third-order valence-corrected chi connectivity index (χ3v) is 5.24. The number of nitrogens with one attached hydrogen (secondary N) is 1. The molecule has 0 spiro atoms. The number of halogens is 1. The third-order valence-electron chi connectivity index (χ3n) is 4.87. The number of carbonyl (C=O) groups excluding carboxylic acids is 1. The van der Waals surface area contributed by atoms with E-state index in [9.17, 15) is 4.79 Å². The molecule has 5 nitrogen and oxygen atoms in total. The Morgan fingerprint density at radius 3 is 2.44 bits per heavy atom. The summed E-state index contributed by atoms with van der Waals surface area (Å²) in [6.45, 7) is 6.63. The van der Waals surface area contributed by atoms with E-state index in [0.29, 0.717) is 23.3 Å². The van der Waals surface area contributed by atoms with Crippen LogP contribution in [0.3, 0.4) is 0 Å². The highest BCUT2D eigenvalue weighted by Crippen LogP contribution is 2.23. The predicted molar refractivity (Wildman–Crippen MR) is 129 cm³/mol. The summed E-state index contributed by atoms with van der Waals surface area (Å²) in [4.78, 5) is 12.0. The highest BCUT2D eigenvalue weighted by Gasteiger charge is 2.06. The van der Waals surface area contributed by atoms with Crippen molar-refractivity contribution >= 4 is 23.7 Å². The first kappa shape index (κ1) is 23.4. The Morgan fingerprint density at radius 2 is 1.75 bits per heavy atom. The minimum absolute atomic E-state index is 0.105. The lowest BCUT2D eigenvalue weighted by Gasteiger charge is -2.12. The van der Waals surface area contributed by atoms with E-state index in [2.05, 4.69) is 24.4 Å². The van der Waals surface area contributed by atoms with Crippen LogP contribution < -0.4 is 14.9 Å². The molecule has 0 saturated carbocycles. The van der Waals surface area contributed by atoms with E-state index in [1.807, 2.05) is 73.7 Å². The van der Waals surface area contributed by atoms with Crippen LogP contribution in [0, 0.1) is 6.92 Å². The molecular weight excluding hydrogens is 424 g/mol. The number of hydrogen-bond acceptors (Lipinski definition) is 4. The van der Waals surface area contributed by atoms with Gasteiger partial charge in [-0.15, -0.1) is 0 Å². The lowest BCUT2D eigenvalue weighted by Crippen LogP contribution is -2.24. The van der Waals surface area contributed by atoms with Crippen LogP contribution in [-0.4, -0.2) is 18.7 Å². The fourth-order valence-electron chi connectivity index (χ4n) is 3.17. The quantitative estimate of drug-likeness (QED) is 0.327. The van der Waals surface area contributed by atoms with E-state index < -0.39 is 0 Å². The number of ether oxygens (including phenoxy) is 2. The molecule has 0 radical (unpaired) electrons. The minimum atomic E-state index is -0.327. The number of hydrazone groups is 1. The summed E-state index contributed by atoms with van der Waals surface area (Å²) >= 11 is 6.14. The Hall–Kier alpha value is -3.31. The zero-order valence-corrected chi connectivity index (χ0v) is 19.2. The molecule has 1 N–H and O–H groups in total. The number of aryl methyl sites for hydroxylation is 1. The molecule has 1 amide bonds. The van der Waals surface area contributed by atoms with Gasteiger partial charge in [0.15, 0.2) is 6.61 Å². The van der Waals surface area contributed by atoms with Crippen LogP contribution in [0.5, 0.6) is 11.5 Å². The van der Waals surface area contributed by atoms with E-state index in [1.54, 1.807) is 6.21 Å². The molecule has 166 valence electrons. The molecule has 0 saturated heterocycles. The van der Waals surface area contributed by atoms with Crippen molar-refractivity contribution in [3.63, 3.8) is 0 Å². The van der Waals surface area contributed by atoms with Crippen molar-refractivity contribution in [2.75, 3.05) is 6.61 Å². The number of nitrogens with zero attached hydrogens (tertiary/aromatic N) is 1. The maximum absolute atomic E-state index is 12.0. The van der Waals surface area contributed by atoms with Gasteiger partial charge in [0.25, 0.3) is 5.91 Å². The Bertz CT molecular complexity index is 1080. The maximum Gasteiger partial charge on any atom is 0.277 e. The SMILES string of the molecule is Cc1cc(OCC(=O)N/N=C/c2ccc(OCc3ccccc3Cl)cc2)ccc1C(C)C. The second-order valence-electron chi connectivity index (χ2n) is 7.70. The van der Waals surface area contributed by atoms with Crippen molar-refractivity contribution in [2.45, 2.75) is 33.3 Å². The van der Waals surface area contributed by atoms with Gasteiger partial charge in [-0.2, -0.15) is 5.10 Å². The summed E-state index contributed by atoms with van der Waals surface area (Å²) in [5, 5.41) is 4.66. The number of hydrogen-bond donors (Lipinski definition) is 1. The lowest BCUT2D eigenvalue weighted by molar-refractivity contribution is -0.123. The maximum atomic E-state index is 12.0. The van der Waals surface area contributed by atoms with E-state index in [-0.39, 0.29) is 12.5 Å². The average Bonchev–Trinajstić information content (AvgIpc) is 2.78. The second-order valence-corrected chi connectivity index (χ2v) is 8.11. The number of benzene rings is 3. The summed E-state index contributed by atoms with van der Waals surface area (Å²) in [7, 11) is 0. The van der Waals surface area contributed by atoms with Crippen molar-refractivity contribution in [3.8, 4) is 11.5 Å². The molecular formula is C26H27ClN2O3. The summed E-state index contributed by atoms with van der Waals surface area (Å²) in [6, 6.07) is 20.8. The largest absolute Gasteiger partial charge is 0.489 e. The molecule has 3 rings (SSSR count).